The van der Waals surface area contributed by atoms with Crippen LogP contribution in [0, 0.1) is 6.92 Å². The van der Waals surface area contributed by atoms with Gasteiger partial charge in [0.1, 0.15) is 5.82 Å². The summed E-state index contributed by atoms with van der Waals surface area (Å²) in [5.41, 5.74) is 3.30. The maximum atomic E-state index is 11.7. The predicted molar refractivity (Wildman–Crippen MR) is 79.9 cm³/mol. The molecule has 1 fully saturated rings. The van der Waals surface area contributed by atoms with Crippen molar-refractivity contribution >= 4 is 28.5 Å². The van der Waals surface area contributed by atoms with Gasteiger partial charge in [0.2, 0.25) is 5.91 Å². The Morgan fingerprint density at radius 1 is 1.45 bits per heavy atom. The molecule has 2 heterocycles. The fraction of sp³-hybridized carbons (Fsp3) is 0.467. The van der Waals surface area contributed by atoms with Gasteiger partial charge in [-0.25, -0.2) is 4.98 Å². The minimum atomic E-state index is 0.217. The molecule has 2 aromatic rings. The van der Waals surface area contributed by atoms with E-state index in [9.17, 15) is 4.79 Å². The van der Waals surface area contributed by atoms with Crippen LogP contribution in [0.3, 0.4) is 0 Å². The molecule has 1 unspecified atom stereocenters. The van der Waals surface area contributed by atoms with E-state index in [2.05, 4.69) is 28.6 Å². The van der Waals surface area contributed by atoms with Gasteiger partial charge in [0.05, 0.1) is 23.0 Å². The van der Waals surface area contributed by atoms with Crippen LogP contribution in [0.4, 0.5) is 0 Å². The smallest absolute Gasteiger partial charge is 0.222 e. The number of amides is 1. The average Bonchev–Trinajstić information content (AvgIpc) is 2.79. The fourth-order valence-electron chi connectivity index (χ4n) is 2.96. The van der Waals surface area contributed by atoms with Crippen molar-refractivity contribution in [3.63, 3.8) is 0 Å². The van der Waals surface area contributed by atoms with Crippen molar-refractivity contribution in [1.82, 2.24) is 14.5 Å². The molecule has 0 radical (unpaired) electrons. The molecule has 3 rings (SSSR count). The lowest BCUT2D eigenvalue weighted by Gasteiger charge is -2.31. The molecular weight excluding hydrogens is 274 g/mol. The SMILES string of the molecule is Cc1ccc2nc(CCl)n(C3CCC(=O)N(C)C3)c2c1. The topological polar surface area (TPSA) is 38.1 Å². The van der Waals surface area contributed by atoms with Gasteiger partial charge in [-0.3, -0.25) is 4.79 Å². The molecule has 4 nitrogen and oxygen atoms in total. The van der Waals surface area contributed by atoms with E-state index in [1.54, 1.807) is 4.90 Å². The molecule has 1 aromatic heterocycles. The molecule has 0 N–H and O–H groups in total. The molecular formula is C15H18ClN3O. The Morgan fingerprint density at radius 2 is 2.25 bits per heavy atom. The van der Waals surface area contributed by atoms with Crippen LogP contribution in [0.2, 0.25) is 0 Å². The Kier molecular flexibility index (Phi) is 3.42. The molecule has 1 saturated heterocycles. The van der Waals surface area contributed by atoms with Crippen molar-refractivity contribution in [3.05, 3.63) is 29.6 Å². The summed E-state index contributed by atoms with van der Waals surface area (Å²) in [6.45, 7) is 2.80. The summed E-state index contributed by atoms with van der Waals surface area (Å²) in [5.74, 6) is 1.50. The number of alkyl halides is 1. The molecule has 1 amide bonds. The minimum absolute atomic E-state index is 0.217. The van der Waals surface area contributed by atoms with Gasteiger partial charge in [-0.15, -0.1) is 11.6 Å². The molecule has 1 aliphatic rings. The Balaban J connectivity index is 2.09. The summed E-state index contributed by atoms with van der Waals surface area (Å²) in [6.07, 6.45) is 1.45. The van der Waals surface area contributed by atoms with Gasteiger partial charge >= 0.3 is 0 Å². The molecule has 1 aliphatic heterocycles. The van der Waals surface area contributed by atoms with Crippen molar-refractivity contribution in [2.75, 3.05) is 13.6 Å². The number of carbonyl (C=O) groups is 1. The van der Waals surface area contributed by atoms with E-state index in [4.69, 9.17) is 11.6 Å². The lowest BCUT2D eigenvalue weighted by Crippen LogP contribution is -2.38. The summed E-state index contributed by atoms with van der Waals surface area (Å²) in [7, 11) is 1.86. The molecule has 0 saturated carbocycles. The number of nitrogens with zero attached hydrogens (tertiary/aromatic N) is 3. The Morgan fingerprint density at radius 3 is 2.95 bits per heavy atom. The predicted octanol–water partition coefficient (Wildman–Crippen LogP) is 2.88. The first-order chi connectivity index (χ1) is 9.60. The number of benzene rings is 1. The summed E-state index contributed by atoms with van der Waals surface area (Å²) in [5, 5.41) is 0. The minimum Gasteiger partial charge on any atom is -0.344 e. The lowest BCUT2D eigenvalue weighted by atomic mass is 10.0. The third kappa shape index (κ3) is 2.18. The van der Waals surface area contributed by atoms with Crippen LogP contribution in [0.15, 0.2) is 18.2 Å². The maximum Gasteiger partial charge on any atom is 0.222 e. The maximum absolute atomic E-state index is 11.7. The quantitative estimate of drug-likeness (QED) is 0.798. The zero-order valence-corrected chi connectivity index (χ0v) is 12.5. The number of hydrogen-bond acceptors (Lipinski definition) is 2. The molecule has 5 heteroatoms. The zero-order chi connectivity index (χ0) is 14.3. The molecule has 1 aromatic carbocycles. The number of likely N-dealkylation sites (N-methyl/N-ethyl adjacent to an activating group) is 1. The summed E-state index contributed by atoms with van der Waals surface area (Å²) < 4.78 is 2.22. The number of aryl methyl sites for hydroxylation is 1. The molecule has 0 spiro atoms. The molecule has 106 valence electrons. The molecule has 0 aliphatic carbocycles. The standard InChI is InChI=1S/C15H18ClN3O/c1-10-3-5-12-13(7-10)19(14(8-16)17-12)11-4-6-15(20)18(2)9-11/h3,5,7,11H,4,6,8-9H2,1-2H3. The van der Waals surface area contributed by atoms with E-state index in [-0.39, 0.29) is 11.9 Å². The largest absolute Gasteiger partial charge is 0.344 e. The van der Waals surface area contributed by atoms with E-state index in [1.807, 2.05) is 13.1 Å². The zero-order valence-electron chi connectivity index (χ0n) is 11.8. The normalized spacial score (nSPS) is 19.9. The number of fused-ring (bicyclic) bond motifs is 1. The first-order valence-electron chi connectivity index (χ1n) is 6.87. The monoisotopic (exact) mass is 291 g/mol. The van der Waals surface area contributed by atoms with E-state index in [0.29, 0.717) is 12.3 Å². The fourth-order valence-corrected chi connectivity index (χ4v) is 3.14. The highest BCUT2D eigenvalue weighted by molar-refractivity contribution is 6.16. The van der Waals surface area contributed by atoms with Gasteiger partial charge in [-0.1, -0.05) is 6.07 Å². The van der Waals surface area contributed by atoms with Crippen molar-refractivity contribution in [2.24, 2.45) is 0 Å². The second kappa shape index (κ2) is 5.09. The second-order valence-electron chi connectivity index (χ2n) is 5.49. The highest BCUT2D eigenvalue weighted by Crippen LogP contribution is 2.29. The van der Waals surface area contributed by atoms with Gasteiger partial charge < -0.3 is 9.47 Å². The summed E-state index contributed by atoms with van der Waals surface area (Å²) >= 11 is 6.06. The van der Waals surface area contributed by atoms with Crippen LogP contribution in [0.5, 0.6) is 0 Å². The second-order valence-corrected chi connectivity index (χ2v) is 5.76. The van der Waals surface area contributed by atoms with Gasteiger partial charge in [0, 0.05) is 20.0 Å². The summed E-state index contributed by atoms with van der Waals surface area (Å²) in [6, 6.07) is 6.51. The number of rotatable bonds is 2. The Bertz CT molecular complexity index is 664. The molecule has 1 atom stereocenters. The molecule has 0 bridgehead atoms. The van der Waals surface area contributed by atoms with Crippen LogP contribution in [-0.4, -0.2) is 34.0 Å². The Hall–Kier alpha value is -1.55. The Labute approximate surface area is 123 Å². The third-order valence-electron chi connectivity index (χ3n) is 4.00. The van der Waals surface area contributed by atoms with Crippen LogP contribution < -0.4 is 0 Å². The highest BCUT2D eigenvalue weighted by atomic mass is 35.5. The first-order valence-corrected chi connectivity index (χ1v) is 7.41. The van der Waals surface area contributed by atoms with Crippen LogP contribution in [0.25, 0.3) is 11.0 Å². The van der Waals surface area contributed by atoms with E-state index in [1.165, 1.54) is 5.56 Å². The third-order valence-corrected chi connectivity index (χ3v) is 4.24. The van der Waals surface area contributed by atoms with Crippen LogP contribution >= 0.6 is 11.6 Å². The van der Waals surface area contributed by atoms with Crippen molar-refractivity contribution in [2.45, 2.75) is 31.7 Å². The van der Waals surface area contributed by atoms with E-state index < -0.39 is 0 Å². The number of halogens is 1. The van der Waals surface area contributed by atoms with E-state index >= 15 is 0 Å². The molecule has 20 heavy (non-hydrogen) atoms. The number of carbonyl (C=O) groups excluding carboxylic acids is 1. The van der Waals surface area contributed by atoms with Crippen LogP contribution in [0.1, 0.15) is 30.3 Å². The van der Waals surface area contributed by atoms with Crippen molar-refractivity contribution in [1.29, 1.82) is 0 Å². The lowest BCUT2D eigenvalue weighted by molar-refractivity contribution is -0.132. The van der Waals surface area contributed by atoms with Gasteiger partial charge in [0.25, 0.3) is 0 Å². The number of aromatic nitrogens is 2. The average molecular weight is 292 g/mol. The van der Waals surface area contributed by atoms with Gasteiger partial charge in [0.15, 0.2) is 0 Å². The first kappa shape index (κ1) is 13.4. The number of hydrogen-bond donors (Lipinski definition) is 0. The van der Waals surface area contributed by atoms with Crippen LogP contribution in [-0.2, 0) is 10.7 Å². The van der Waals surface area contributed by atoms with Crippen molar-refractivity contribution < 1.29 is 4.79 Å². The summed E-state index contributed by atoms with van der Waals surface area (Å²) in [4.78, 5) is 18.1. The van der Waals surface area contributed by atoms with Gasteiger partial charge in [-0.2, -0.15) is 0 Å². The number of likely N-dealkylation sites (tertiary alicyclic amines) is 1. The van der Waals surface area contributed by atoms with Crippen molar-refractivity contribution in [3.8, 4) is 0 Å². The highest BCUT2D eigenvalue weighted by Gasteiger charge is 2.27. The van der Waals surface area contributed by atoms with E-state index in [0.717, 1.165) is 29.8 Å². The number of piperidine rings is 1. The number of imidazole rings is 1. The van der Waals surface area contributed by atoms with Gasteiger partial charge in [-0.05, 0) is 31.0 Å².